The van der Waals surface area contributed by atoms with Gasteiger partial charge in [-0.2, -0.15) is 0 Å². The molecule has 3 aromatic rings. The molecule has 0 amide bonds. The smallest absolute Gasteiger partial charge is 0.240 e. The molecule has 0 saturated heterocycles. The van der Waals surface area contributed by atoms with E-state index in [1.165, 1.54) is 12.1 Å². The molecule has 23 heavy (non-hydrogen) atoms. The lowest BCUT2D eigenvalue weighted by atomic mass is 10.2. The number of rotatable bonds is 4. The summed E-state index contributed by atoms with van der Waals surface area (Å²) in [5.41, 5.74) is 2.80. The zero-order chi connectivity index (χ0) is 16.4. The number of halogens is 1. The van der Waals surface area contributed by atoms with Crippen LogP contribution in [0.3, 0.4) is 0 Å². The Hall–Kier alpha value is -2.02. The lowest BCUT2D eigenvalue weighted by Crippen LogP contribution is -2.24. The average molecular weight is 348 g/mol. The molecule has 0 aliphatic rings. The minimum absolute atomic E-state index is 0.0680. The molecule has 1 heterocycles. The van der Waals surface area contributed by atoms with Crippen LogP contribution in [-0.4, -0.2) is 18.4 Å². The number of hydrogen-bond donors (Lipinski definition) is 1. The molecule has 5 nitrogen and oxygen atoms in total. The Balaban J connectivity index is 1.87. The molecular weight excluding hydrogens is 334 g/mol. The average Bonchev–Trinajstić information content (AvgIpc) is 2.53. The lowest BCUT2D eigenvalue weighted by Gasteiger charge is -2.09. The van der Waals surface area contributed by atoms with Gasteiger partial charge in [0.1, 0.15) is 0 Å². The summed E-state index contributed by atoms with van der Waals surface area (Å²) in [6, 6.07) is 13.6. The maximum absolute atomic E-state index is 12.3. The molecule has 3 rings (SSSR count). The van der Waals surface area contributed by atoms with Crippen molar-refractivity contribution in [2.75, 3.05) is 0 Å². The van der Waals surface area contributed by atoms with Crippen LogP contribution in [-0.2, 0) is 16.6 Å². The summed E-state index contributed by atoms with van der Waals surface area (Å²) in [5.74, 6) is 0. The fourth-order valence-electron chi connectivity index (χ4n) is 2.17. The Morgan fingerprint density at radius 2 is 1.74 bits per heavy atom. The highest BCUT2D eigenvalue weighted by molar-refractivity contribution is 7.89. The Bertz CT molecular complexity index is 974. The van der Waals surface area contributed by atoms with Crippen LogP contribution in [0, 0.1) is 6.92 Å². The summed E-state index contributed by atoms with van der Waals surface area (Å²) in [6.45, 7) is 1.88. The van der Waals surface area contributed by atoms with E-state index < -0.39 is 10.0 Å². The number of nitrogens with one attached hydrogen (secondary N) is 1. The molecule has 2 aromatic carbocycles. The van der Waals surface area contributed by atoms with E-state index in [9.17, 15) is 8.42 Å². The first-order valence-corrected chi connectivity index (χ1v) is 8.79. The number of hydrogen-bond acceptors (Lipinski definition) is 4. The van der Waals surface area contributed by atoms with Crippen LogP contribution >= 0.6 is 11.6 Å². The van der Waals surface area contributed by atoms with Gasteiger partial charge in [-0.15, -0.1) is 0 Å². The second-order valence-corrected chi connectivity index (χ2v) is 7.23. The third kappa shape index (κ3) is 3.50. The predicted molar refractivity (Wildman–Crippen MR) is 89.8 cm³/mol. The highest BCUT2D eigenvalue weighted by Crippen LogP contribution is 2.16. The van der Waals surface area contributed by atoms with Gasteiger partial charge in [0, 0.05) is 5.02 Å². The zero-order valence-electron chi connectivity index (χ0n) is 12.3. The minimum Gasteiger partial charge on any atom is -0.250 e. The van der Waals surface area contributed by atoms with Gasteiger partial charge in [0.15, 0.2) is 0 Å². The van der Waals surface area contributed by atoms with E-state index in [0.29, 0.717) is 16.4 Å². The van der Waals surface area contributed by atoms with Crippen molar-refractivity contribution in [3.05, 3.63) is 64.9 Å². The van der Waals surface area contributed by atoms with Crippen molar-refractivity contribution in [3.63, 3.8) is 0 Å². The normalized spacial score (nSPS) is 11.7. The number of fused-ring (bicyclic) bond motifs is 1. The lowest BCUT2D eigenvalue weighted by molar-refractivity contribution is 0.580. The molecule has 0 saturated carbocycles. The molecule has 0 aliphatic heterocycles. The van der Waals surface area contributed by atoms with Crippen LogP contribution < -0.4 is 4.72 Å². The first kappa shape index (κ1) is 15.9. The van der Waals surface area contributed by atoms with Gasteiger partial charge < -0.3 is 0 Å². The molecule has 7 heteroatoms. The molecular formula is C16H14ClN3O2S. The standard InChI is InChI=1S/C16H14ClN3O2S/c1-11-16(20-15-8-3-2-7-14(15)19-11)10-18-23(21,22)13-6-4-5-12(17)9-13/h2-9,18H,10H2,1H3. The Morgan fingerprint density at radius 3 is 2.43 bits per heavy atom. The second kappa shape index (κ2) is 6.23. The van der Waals surface area contributed by atoms with Crippen molar-refractivity contribution >= 4 is 32.7 Å². The van der Waals surface area contributed by atoms with E-state index in [2.05, 4.69) is 14.7 Å². The van der Waals surface area contributed by atoms with Crippen molar-refractivity contribution in [2.24, 2.45) is 0 Å². The van der Waals surface area contributed by atoms with E-state index in [-0.39, 0.29) is 11.4 Å². The van der Waals surface area contributed by atoms with Crippen LogP contribution in [0.4, 0.5) is 0 Å². The van der Waals surface area contributed by atoms with E-state index in [4.69, 9.17) is 11.6 Å². The number of para-hydroxylation sites is 2. The minimum atomic E-state index is -3.65. The summed E-state index contributed by atoms with van der Waals surface area (Å²) >= 11 is 5.84. The monoisotopic (exact) mass is 347 g/mol. The number of aryl methyl sites for hydroxylation is 1. The summed E-state index contributed by atoms with van der Waals surface area (Å²) in [4.78, 5) is 9.04. The SMILES string of the molecule is Cc1nc2ccccc2nc1CNS(=O)(=O)c1cccc(Cl)c1. The number of benzene rings is 2. The maximum atomic E-state index is 12.3. The first-order valence-electron chi connectivity index (χ1n) is 6.93. The summed E-state index contributed by atoms with van der Waals surface area (Å²) in [6.07, 6.45) is 0. The zero-order valence-corrected chi connectivity index (χ0v) is 13.9. The molecule has 0 spiro atoms. The van der Waals surface area contributed by atoms with Gasteiger partial charge in [-0.3, -0.25) is 0 Å². The van der Waals surface area contributed by atoms with Gasteiger partial charge in [-0.05, 0) is 37.3 Å². The largest absolute Gasteiger partial charge is 0.250 e. The molecule has 0 bridgehead atoms. The van der Waals surface area contributed by atoms with Gasteiger partial charge in [-0.1, -0.05) is 29.8 Å². The molecule has 0 atom stereocenters. The third-order valence-corrected chi connectivity index (χ3v) is 5.01. The number of sulfonamides is 1. The molecule has 0 fully saturated rings. The van der Waals surface area contributed by atoms with Crippen molar-refractivity contribution < 1.29 is 8.42 Å². The van der Waals surface area contributed by atoms with Crippen LogP contribution in [0.25, 0.3) is 11.0 Å². The van der Waals surface area contributed by atoms with E-state index in [1.54, 1.807) is 12.1 Å². The van der Waals surface area contributed by atoms with Crippen LogP contribution in [0.5, 0.6) is 0 Å². The molecule has 118 valence electrons. The predicted octanol–water partition coefficient (Wildman–Crippen LogP) is 3.07. The van der Waals surface area contributed by atoms with E-state index in [0.717, 1.165) is 11.0 Å². The third-order valence-electron chi connectivity index (χ3n) is 3.38. The molecule has 1 N–H and O–H groups in total. The van der Waals surface area contributed by atoms with Gasteiger partial charge >= 0.3 is 0 Å². The molecule has 0 aliphatic carbocycles. The summed E-state index contributed by atoms with van der Waals surface area (Å²) in [7, 11) is -3.65. The van der Waals surface area contributed by atoms with E-state index >= 15 is 0 Å². The van der Waals surface area contributed by atoms with Gasteiger partial charge in [-0.25, -0.2) is 23.1 Å². The van der Waals surface area contributed by atoms with Crippen molar-refractivity contribution in [2.45, 2.75) is 18.4 Å². The number of nitrogens with zero attached hydrogens (tertiary/aromatic N) is 2. The van der Waals surface area contributed by atoms with Crippen molar-refractivity contribution in [3.8, 4) is 0 Å². The first-order chi connectivity index (χ1) is 11.0. The van der Waals surface area contributed by atoms with Crippen molar-refractivity contribution in [1.82, 2.24) is 14.7 Å². The van der Waals surface area contributed by atoms with Crippen LogP contribution in [0.15, 0.2) is 53.4 Å². The van der Waals surface area contributed by atoms with Crippen LogP contribution in [0.2, 0.25) is 5.02 Å². The van der Waals surface area contributed by atoms with Gasteiger partial charge in [0.05, 0.1) is 33.9 Å². The highest BCUT2D eigenvalue weighted by Gasteiger charge is 2.15. The molecule has 0 unspecified atom stereocenters. The quantitative estimate of drug-likeness (QED) is 0.787. The second-order valence-electron chi connectivity index (χ2n) is 5.03. The Labute approximate surface area is 139 Å². The fraction of sp³-hybridized carbons (Fsp3) is 0.125. The summed E-state index contributed by atoms with van der Waals surface area (Å²) < 4.78 is 27.2. The fourth-order valence-corrected chi connectivity index (χ4v) is 3.46. The van der Waals surface area contributed by atoms with Gasteiger partial charge in [0.25, 0.3) is 0 Å². The van der Waals surface area contributed by atoms with Crippen LogP contribution in [0.1, 0.15) is 11.4 Å². The number of aromatic nitrogens is 2. The summed E-state index contributed by atoms with van der Waals surface area (Å²) in [5, 5.41) is 0.370. The Morgan fingerprint density at radius 1 is 1.04 bits per heavy atom. The maximum Gasteiger partial charge on any atom is 0.240 e. The highest BCUT2D eigenvalue weighted by atomic mass is 35.5. The molecule has 1 aromatic heterocycles. The Kier molecular flexibility index (Phi) is 4.30. The molecule has 0 radical (unpaired) electrons. The van der Waals surface area contributed by atoms with Gasteiger partial charge in [0.2, 0.25) is 10.0 Å². The van der Waals surface area contributed by atoms with Crippen molar-refractivity contribution in [1.29, 1.82) is 0 Å². The van der Waals surface area contributed by atoms with E-state index in [1.807, 2.05) is 31.2 Å². The topological polar surface area (TPSA) is 72.0 Å².